The van der Waals surface area contributed by atoms with Gasteiger partial charge < -0.3 is 15.2 Å². The standard InChI is InChI=1S/C17H19FN6O/c1-10-6-12(7-11(2)13(10)18)17(25)23(3)4-5-24-9-22-14-15(19)20-8-21-16(14)24/h6-9H,4-5H2,1-3H3,(H2,19,20,21). The highest BCUT2D eigenvalue weighted by Crippen LogP contribution is 2.17. The number of anilines is 1. The molecule has 0 aliphatic rings. The molecule has 130 valence electrons. The predicted octanol–water partition coefficient (Wildman–Crippen LogP) is 1.94. The maximum absolute atomic E-state index is 13.7. The molecule has 0 radical (unpaired) electrons. The summed E-state index contributed by atoms with van der Waals surface area (Å²) in [5.74, 6) is -0.114. The van der Waals surface area contributed by atoms with E-state index in [1.807, 2.05) is 4.57 Å². The zero-order valence-electron chi connectivity index (χ0n) is 14.3. The largest absolute Gasteiger partial charge is 0.382 e. The van der Waals surface area contributed by atoms with E-state index in [0.717, 1.165) is 0 Å². The molecule has 1 amide bonds. The fraction of sp³-hybridized carbons (Fsp3) is 0.294. The van der Waals surface area contributed by atoms with E-state index in [4.69, 9.17) is 5.73 Å². The van der Waals surface area contributed by atoms with Crippen LogP contribution in [0.5, 0.6) is 0 Å². The van der Waals surface area contributed by atoms with Crippen molar-refractivity contribution in [3.63, 3.8) is 0 Å². The van der Waals surface area contributed by atoms with Gasteiger partial charge in [0.15, 0.2) is 11.5 Å². The van der Waals surface area contributed by atoms with E-state index in [2.05, 4.69) is 15.0 Å². The second-order valence-electron chi connectivity index (χ2n) is 6.02. The summed E-state index contributed by atoms with van der Waals surface area (Å²) in [6.45, 7) is 4.26. The van der Waals surface area contributed by atoms with Crippen molar-refractivity contribution < 1.29 is 9.18 Å². The van der Waals surface area contributed by atoms with E-state index >= 15 is 0 Å². The van der Waals surface area contributed by atoms with Gasteiger partial charge in [-0.1, -0.05) is 0 Å². The van der Waals surface area contributed by atoms with E-state index in [0.29, 0.717) is 46.8 Å². The highest BCUT2D eigenvalue weighted by molar-refractivity contribution is 5.94. The highest BCUT2D eigenvalue weighted by Gasteiger charge is 2.15. The number of carbonyl (C=O) groups is 1. The first-order valence-electron chi connectivity index (χ1n) is 7.82. The Morgan fingerprint density at radius 1 is 1.24 bits per heavy atom. The summed E-state index contributed by atoms with van der Waals surface area (Å²) in [4.78, 5) is 26.4. The van der Waals surface area contributed by atoms with Gasteiger partial charge in [-0.2, -0.15) is 0 Å². The minimum atomic E-state index is -0.277. The smallest absolute Gasteiger partial charge is 0.253 e. The minimum Gasteiger partial charge on any atom is -0.382 e. The van der Waals surface area contributed by atoms with E-state index < -0.39 is 0 Å². The van der Waals surface area contributed by atoms with Crippen LogP contribution in [0.15, 0.2) is 24.8 Å². The van der Waals surface area contributed by atoms with Gasteiger partial charge >= 0.3 is 0 Å². The number of imidazole rings is 1. The molecule has 0 spiro atoms. The summed E-state index contributed by atoms with van der Waals surface area (Å²) >= 11 is 0. The predicted molar refractivity (Wildman–Crippen MR) is 92.6 cm³/mol. The molecule has 7 nitrogen and oxygen atoms in total. The van der Waals surface area contributed by atoms with Gasteiger partial charge in [-0.3, -0.25) is 4.79 Å². The number of nitrogens with two attached hydrogens (primary N) is 1. The molecule has 0 atom stereocenters. The third-order valence-corrected chi connectivity index (χ3v) is 4.14. The molecule has 3 rings (SSSR count). The van der Waals surface area contributed by atoms with Gasteiger partial charge in [0.1, 0.15) is 17.7 Å². The van der Waals surface area contributed by atoms with Crippen LogP contribution in [-0.2, 0) is 6.54 Å². The lowest BCUT2D eigenvalue weighted by Gasteiger charge is -2.18. The van der Waals surface area contributed by atoms with Gasteiger partial charge in [0, 0.05) is 25.7 Å². The van der Waals surface area contributed by atoms with E-state index in [9.17, 15) is 9.18 Å². The number of nitrogen functional groups attached to an aromatic ring is 1. The van der Waals surface area contributed by atoms with Crippen LogP contribution in [0.2, 0.25) is 0 Å². The molecular weight excluding hydrogens is 323 g/mol. The van der Waals surface area contributed by atoms with E-state index in [-0.39, 0.29) is 11.7 Å². The number of fused-ring (bicyclic) bond motifs is 1. The molecule has 2 aromatic heterocycles. The monoisotopic (exact) mass is 342 g/mol. The number of hydrogen-bond donors (Lipinski definition) is 1. The zero-order chi connectivity index (χ0) is 18.1. The number of likely N-dealkylation sites (N-methyl/N-ethyl adjacent to an activating group) is 1. The Morgan fingerprint density at radius 3 is 2.60 bits per heavy atom. The second kappa shape index (κ2) is 6.46. The molecule has 0 saturated carbocycles. The average Bonchev–Trinajstić information content (AvgIpc) is 3.01. The van der Waals surface area contributed by atoms with Crippen LogP contribution in [0.1, 0.15) is 21.5 Å². The Labute approximate surface area is 144 Å². The first-order chi connectivity index (χ1) is 11.9. The van der Waals surface area contributed by atoms with Crippen LogP contribution in [-0.4, -0.2) is 43.9 Å². The van der Waals surface area contributed by atoms with Gasteiger partial charge in [0.2, 0.25) is 0 Å². The van der Waals surface area contributed by atoms with Gasteiger partial charge in [-0.25, -0.2) is 19.3 Å². The molecule has 0 unspecified atom stereocenters. The minimum absolute atomic E-state index is 0.162. The van der Waals surface area contributed by atoms with Crippen LogP contribution in [0.25, 0.3) is 11.2 Å². The highest BCUT2D eigenvalue weighted by atomic mass is 19.1. The molecule has 0 fully saturated rings. The lowest BCUT2D eigenvalue weighted by molar-refractivity contribution is 0.0790. The summed E-state index contributed by atoms with van der Waals surface area (Å²) in [6, 6.07) is 3.14. The van der Waals surface area contributed by atoms with Crippen LogP contribution < -0.4 is 5.73 Å². The number of halogens is 1. The van der Waals surface area contributed by atoms with Crippen LogP contribution in [0.3, 0.4) is 0 Å². The van der Waals surface area contributed by atoms with Crippen molar-refractivity contribution in [1.82, 2.24) is 24.4 Å². The maximum Gasteiger partial charge on any atom is 0.253 e. The van der Waals surface area contributed by atoms with E-state index in [1.54, 1.807) is 44.3 Å². The number of amides is 1. The number of benzene rings is 1. The topological polar surface area (TPSA) is 89.9 Å². The quantitative estimate of drug-likeness (QED) is 0.782. The molecule has 0 aliphatic heterocycles. The zero-order valence-corrected chi connectivity index (χ0v) is 14.3. The molecule has 8 heteroatoms. The molecule has 3 aromatic rings. The van der Waals surface area contributed by atoms with Crippen molar-refractivity contribution >= 4 is 22.9 Å². The van der Waals surface area contributed by atoms with Crippen molar-refractivity contribution in [2.24, 2.45) is 0 Å². The lowest BCUT2D eigenvalue weighted by Crippen LogP contribution is -2.30. The van der Waals surface area contributed by atoms with Crippen molar-refractivity contribution in [1.29, 1.82) is 0 Å². The number of hydrogen-bond acceptors (Lipinski definition) is 5. The molecule has 0 bridgehead atoms. The molecule has 1 aromatic carbocycles. The maximum atomic E-state index is 13.7. The van der Waals surface area contributed by atoms with Gasteiger partial charge in [0.25, 0.3) is 5.91 Å². The molecular formula is C17H19FN6O. The Kier molecular flexibility index (Phi) is 4.35. The molecule has 0 aliphatic carbocycles. The first-order valence-corrected chi connectivity index (χ1v) is 7.82. The van der Waals surface area contributed by atoms with Crippen LogP contribution >= 0.6 is 0 Å². The molecule has 2 heterocycles. The van der Waals surface area contributed by atoms with Crippen molar-refractivity contribution in [2.45, 2.75) is 20.4 Å². The second-order valence-corrected chi connectivity index (χ2v) is 6.02. The summed E-state index contributed by atoms with van der Waals surface area (Å²) in [7, 11) is 1.71. The summed E-state index contributed by atoms with van der Waals surface area (Å²) in [5, 5.41) is 0. The van der Waals surface area contributed by atoms with Crippen molar-refractivity contribution in [3.05, 3.63) is 47.3 Å². The number of nitrogens with zero attached hydrogens (tertiary/aromatic N) is 5. The fourth-order valence-corrected chi connectivity index (χ4v) is 2.71. The lowest BCUT2D eigenvalue weighted by atomic mass is 10.1. The van der Waals surface area contributed by atoms with Crippen LogP contribution in [0.4, 0.5) is 10.2 Å². The normalized spacial score (nSPS) is 11.0. The number of aryl methyl sites for hydroxylation is 2. The molecule has 2 N–H and O–H groups in total. The Bertz CT molecular complexity index is 928. The summed E-state index contributed by atoms with van der Waals surface area (Å²) in [6.07, 6.45) is 3.01. The van der Waals surface area contributed by atoms with E-state index in [1.165, 1.54) is 6.33 Å². The molecule has 25 heavy (non-hydrogen) atoms. The van der Waals surface area contributed by atoms with Gasteiger partial charge in [-0.05, 0) is 37.1 Å². The molecule has 0 saturated heterocycles. The number of rotatable bonds is 4. The van der Waals surface area contributed by atoms with Crippen molar-refractivity contribution in [3.8, 4) is 0 Å². The Hall–Kier alpha value is -3.03. The Balaban J connectivity index is 1.74. The Morgan fingerprint density at radius 2 is 1.92 bits per heavy atom. The third-order valence-electron chi connectivity index (χ3n) is 4.14. The van der Waals surface area contributed by atoms with Gasteiger partial charge in [0.05, 0.1) is 6.33 Å². The summed E-state index contributed by atoms with van der Waals surface area (Å²) in [5.41, 5.74) is 8.34. The SMILES string of the molecule is Cc1cc(C(=O)N(C)CCn2cnc3c(N)ncnc32)cc(C)c1F. The fourth-order valence-electron chi connectivity index (χ4n) is 2.71. The third kappa shape index (κ3) is 3.15. The first kappa shape index (κ1) is 16.8. The average molecular weight is 342 g/mol. The van der Waals surface area contributed by atoms with Gasteiger partial charge in [-0.15, -0.1) is 0 Å². The van der Waals surface area contributed by atoms with Crippen molar-refractivity contribution in [2.75, 3.05) is 19.3 Å². The number of aromatic nitrogens is 4. The summed E-state index contributed by atoms with van der Waals surface area (Å²) < 4.78 is 15.6. The number of carbonyl (C=O) groups excluding carboxylic acids is 1. The van der Waals surface area contributed by atoms with Crippen LogP contribution in [0, 0.1) is 19.7 Å².